The van der Waals surface area contributed by atoms with Crippen molar-refractivity contribution < 1.29 is 271 Å². The predicted octanol–water partition coefficient (Wildman–Crippen LogP) is -21.5. The van der Waals surface area contributed by atoms with Gasteiger partial charge in [0.1, 0.15) is 238 Å². The van der Waals surface area contributed by atoms with Crippen LogP contribution in [0.25, 0.3) is 0 Å². The van der Waals surface area contributed by atoms with Crippen molar-refractivity contribution in [2.24, 2.45) is 0 Å². The minimum Gasteiger partial charge on any atom is -0.394 e. The highest BCUT2D eigenvalue weighted by Crippen LogP contribution is 2.41. The molecule has 0 unspecified atom stereocenters. The second-order valence-electron chi connectivity index (χ2n) is 32.0. The summed E-state index contributed by atoms with van der Waals surface area (Å²) in [5.41, 5.74) is 0. The molecule has 62 heteroatoms. The van der Waals surface area contributed by atoms with Gasteiger partial charge < -0.3 is 239 Å². The van der Waals surface area contributed by atoms with E-state index in [1.807, 2.05) is 0 Å². The van der Waals surface area contributed by atoms with Gasteiger partial charge in [0.25, 0.3) is 0 Å². The first-order chi connectivity index (χ1) is 61.0. The number of rotatable bonds is 35. The van der Waals surface area contributed by atoms with E-state index in [1.165, 1.54) is 6.92 Å². The Kier molecular flexibility index (Phi) is 38.3. The second kappa shape index (κ2) is 46.1. The normalized spacial score (nSPS) is 47.6. The van der Waals surface area contributed by atoms with Crippen molar-refractivity contribution in [2.75, 3.05) is 59.5 Å². The summed E-state index contributed by atoms with van der Waals surface area (Å²) in [6, 6.07) is -8.05. The van der Waals surface area contributed by atoms with Crippen LogP contribution in [-0.2, 0) is 138 Å². The van der Waals surface area contributed by atoms with Crippen LogP contribution in [0.3, 0.4) is 0 Å². The number of hydrogen-bond acceptors (Lipinski definition) is 54. The number of hydrogen-bond donors (Lipinski definition) is 31. The zero-order chi connectivity index (χ0) is 96.2. The Morgan fingerprint density at radius 3 is 0.992 bits per heavy atom. The van der Waals surface area contributed by atoms with Crippen molar-refractivity contribution in [1.82, 2.24) is 21.3 Å². The lowest BCUT2D eigenvalue weighted by molar-refractivity contribution is -0.399. The lowest BCUT2D eigenvalue weighted by Crippen LogP contribution is -2.71. The van der Waals surface area contributed by atoms with Gasteiger partial charge in [-0.1, -0.05) is 0 Å². The first-order valence-electron chi connectivity index (χ1n) is 40.3. The smallest absolute Gasteiger partial charge is 0.394 e. The second-order valence-corrected chi connectivity index (χ2v) is 34.1. The van der Waals surface area contributed by atoms with Crippen molar-refractivity contribution in [2.45, 2.75) is 341 Å². The van der Waals surface area contributed by atoms with Gasteiger partial charge in [0.05, 0.1) is 65.6 Å². The number of aliphatic hydroxyl groups excluding tert-OH is 25. The van der Waals surface area contributed by atoms with Crippen LogP contribution in [0.5, 0.6) is 0 Å². The Morgan fingerprint density at radius 1 is 0.254 bits per heavy atom. The van der Waals surface area contributed by atoms with Crippen molar-refractivity contribution in [3.05, 3.63) is 0 Å². The van der Waals surface area contributed by atoms with Gasteiger partial charge >= 0.3 is 20.8 Å². The molecular weight excluding hydrogens is 1830 g/mol. The fourth-order valence-electron chi connectivity index (χ4n) is 16.3. The highest BCUT2D eigenvalue weighted by molar-refractivity contribution is 7.81. The molecule has 50 atom stereocenters. The molecule has 10 saturated heterocycles. The molecule has 0 radical (unpaired) electrons. The molecule has 0 saturated carbocycles. The molecular formula is C68H114N4O56S2. The van der Waals surface area contributed by atoms with Gasteiger partial charge in [-0.15, -0.1) is 0 Å². The van der Waals surface area contributed by atoms with Gasteiger partial charge in [0, 0.05) is 27.7 Å². The highest BCUT2D eigenvalue weighted by Gasteiger charge is 2.62. The molecule has 31 N–H and O–H groups in total. The van der Waals surface area contributed by atoms with E-state index in [0.29, 0.717) is 0 Å². The van der Waals surface area contributed by atoms with Crippen LogP contribution in [0.15, 0.2) is 0 Å². The zero-order valence-corrected chi connectivity index (χ0v) is 70.6. The molecule has 10 aliphatic heterocycles. The maximum Gasteiger partial charge on any atom is 0.397 e. The van der Waals surface area contributed by atoms with E-state index in [4.69, 9.17) is 90.0 Å². The number of amides is 4. The van der Waals surface area contributed by atoms with Gasteiger partial charge in [0.15, 0.2) is 62.9 Å². The maximum absolute atomic E-state index is 13.3. The van der Waals surface area contributed by atoms with Gasteiger partial charge in [-0.3, -0.25) is 28.3 Å². The molecule has 754 valence electrons. The molecule has 0 aromatic heterocycles. The molecule has 0 bridgehead atoms. The van der Waals surface area contributed by atoms with Gasteiger partial charge in [0.2, 0.25) is 23.6 Å². The van der Waals surface area contributed by atoms with E-state index in [9.17, 15) is 173 Å². The van der Waals surface area contributed by atoms with Crippen molar-refractivity contribution in [3.63, 3.8) is 0 Å². The fourth-order valence-corrected chi connectivity index (χ4v) is 17.3. The summed E-state index contributed by atoms with van der Waals surface area (Å²) in [5.74, 6) is -4.03. The lowest BCUT2D eigenvalue weighted by atomic mass is 9.93. The van der Waals surface area contributed by atoms with Crippen LogP contribution in [0, 0.1) is 0 Å². The number of carbonyl (C=O) groups excluding carboxylic acids is 4. The molecule has 0 aromatic rings. The standard InChI is InChI=1S/C68H114N4O56S2/c1-15-33(84)41(92)46(97)63(110-15)108-14-28-51(39(90)29(59(101)111-28)69-16(2)80)120-60-30(70-17(3)81)40(91)50(24(10-77)116-60)121-66-49(100)56(124-68-58(43(94)35(86)21(7-74)115-68)126-62-32(72-19(5)83)55(37(88)23(9-76)113-62)123-65-48(99)45(96)53(26(12-79)118-65)128-130(105,106)107)38(89)27(119-66)13-109-67-57(42(93)34(85)20(6-73)114-67)125-61-31(71-18(4)82)54(36(87)22(8-75)112-61)122-64-47(98)44(95)52(25(11-78)117-64)127-129(102,103)104/h15,20-68,73-79,84-101H,6-14H2,1-5H3,(H,69,80)(H,70,81)(H,71,82)(H,72,83)(H,102,103,104)(H,105,106,107)/t15-,20+,21+,22+,23+,24+,25+,26+,27+,28+,29+,30+,31+,32+,33+,34+,35+,36+,37+,38+,39+,40+,41+,42-,43-,44+,45+,46-,47+,48+,49-,50+,51+,52-,53-,54+,55+,56-,57-,58-,59+,60-,61-,62-,63+,64-,65-,66-,67-,68+/m0/s1. The van der Waals surface area contributed by atoms with Gasteiger partial charge in [-0.25, -0.2) is 8.37 Å². The first-order valence-corrected chi connectivity index (χ1v) is 43.0. The van der Waals surface area contributed by atoms with Crippen LogP contribution in [-0.4, -0.2) is 544 Å². The summed E-state index contributed by atoms with van der Waals surface area (Å²) in [6.45, 7) is -6.15. The molecule has 0 aromatic carbocycles. The van der Waals surface area contributed by atoms with Crippen LogP contribution < -0.4 is 21.3 Å². The average Bonchev–Trinajstić information content (AvgIpc) is 0.764. The third-order valence-corrected chi connectivity index (χ3v) is 23.8. The summed E-state index contributed by atoms with van der Waals surface area (Å²) in [4.78, 5) is 52.2. The van der Waals surface area contributed by atoms with E-state index in [1.54, 1.807) is 0 Å². The van der Waals surface area contributed by atoms with Gasteiger partial charge in [-0.2, -0.15) is 16.8 Å². The summed E-state index contributed by atoms with van der Waals surface area (Å²) in [5, 5.41) is 292. The average molecular weight is 1950 g/mol. The molecule has 10 fully saturated rings. The molecule has 10 aliphatic rings. The zero-order valence-electron chi connectivity index (χ0n) is 69.0. The van der Waals surface area contributed by atoms with Crippen molar-refractivity contribution in [1.29, 1.82) is 0 Å². The summed E-state index contributed by atoms with van der Waals surface area (Å²) in [7, 11) is -10.9. The quantitative estimate of drug-likeness (QED) is 0.0262. The SMILES string of the molecule is CC(=O)N[C@@H]1[C@@H](O)[C@H](O[C@@H]2O[C@H](CO)[C@@H](O[C@@H]3O[C@H](CO[C@H]4O[C@H](CO)[C@@H](O)[C@H](O)[C@@H]4O[C@@H]4O[C@H](CO)[C@@H](O)[C@H](O[C@@H]5O[C@H](CO)[C@H](OS(=O)(=O)O)[C@H](O)[C@H]5O)[C@H]4NC(C)=O)[C@@H](O)[C@H](O[C@H]4O[C@H](CO)[C@@H](O)[C@H](O)[C@@H]4O[C@@H]4O[C@H](CO)[C@@H](O)[C@H](O[C@@H]5O[C@H](CO)[C@H](OS(=O)(=O)O)[C@H](O)[C@H]5O)[C@H]4NC(C)=O)[C@@H]3O)[C@H](O)[C@H]2NC(C)=O)[C@@H](CO[C@@H]2O[C@@H](C)[C@@H](O)[C@@H](O)[C@@H]2O)O[C@H]1O. The topological polar surface area (TPSA) is 925 Å². The molecule has 130 heavy (non-hydrogen) atoms. The number of aliphatic hydroxyl groups is 25. The highest BCUT2D eigenvalue weighted by atomic mass is 32.3. The monoisotopic (exact) mass is 1950 g/mol. The Hall–Kier alpha value is -4.14. The van der Waals surface area contributed by atoms with E-state index < -0.39 is 411 Å². The minimum absolute atomic E-state index is 0.851. The Labute approximate surface area is 735 Å². The van der Waals surface area contributed by atoms with Crippen LogP contribution in [0.4, 0.5) is 0 Å². The number of carbonyl (C=O) groups is 4. The van der Waals surface area contributed by atoms with Crippen molar-refractivity contribution in [3.8, 4) is 0 Å². The summed E-state index contributed by atoms with van der Waals surface area (Å²) in [6.07, 6.45) is -102. The van der Waals surface area contributed by atoms with E-state index in [2.05, 4.69) is 29.6 Å². The van der Waals surface area contributed by atoms with Crippen LogP contribution in [0.2, 0.25) is 0 Å². The molecule has 0 spiro atoms. The molecule has 4 amide bonds. The van der Waals surface area contributed by atoms with Crippen molar-refractivity contribution >= 4 is 44.4 Å². The third kappa shape index (κ3) is 24.9. The molecule has 10 rings (SSSR count). The third-order valence-electron chi connectivity index (χ3n) is 22.8. The van der Waals surface area contributed by atoms with E-state index in [-0.39, 0.29) is 0 Å². The predicted molar refractivity (Wildman–Crippen MR) is 395 cm³/mol. The van der Waals surface area contributed by atoms with E-state index >= 15 is 0 Å². The number of nitrogens with one attached hydrogen (secondary N) is 4. The van der Waals surface area contributed by atoms with Crippen LogP contribution >= 0.6 is 0 Å². The summed E-state index contributed by atoms with van der Waals surface area (Å²) >= 11 is 0. The maximum atomic E-state index is 13.3. The van der Waals surface area contributed by atoms with Crippen LogP contribution in [0.1, 0.15) is 34.6 Å². The fraction of sp³-hybridized carbons (Fsp3) is 0.941. The minimum atomic E-state index is -5.48. The molecule has 60 nitrogen and oxygen atoms in total. The first kappa shape index (κ1) is 108. The Morgan fingerprint density at radius 2 is 0.546 bits per heavy atom. The molecule has 10 heterocycles. The largest absolute Gasteiger partial charge is 0.397 e. The Bertz CT molecular complexity index is 3850. The number of ether oxygens (including phenoxy) is 19. The molecule has 0 aliphatic carbocycles. The Balaban J connectivity index is 1.01. The summed E-state index contributed by atoms with van der Waals surface area (Å²) < 4.78 is 188. The van der Waals surface area contributed by atoms with Gasteiger partial charge in [-0.05, 0) is 6.92 Å². The van der Waals surface area contributed by atoms with E-state index in [0.717, 1.165) is 27.7 Å². The lowest BCUT2D eigenvalue weighted by Gasteiger charge is -2.51.